The van der Waals surface area contributed by atoms with Crippen molar-refractivity contribution >= 4 is 27.6 Å². The molecule has 0 bridgehead atoms. The summed E-state index contributed by atoms with van der Waals surface area (Å²) in [6.45, 7) is 2.09. The van der Waals surface area contributed by atoms with E-state index in [0.717, 1.165) is 5.56 Å². The van der Waals surface area contributed by atoms with Crippen LogP contribution in [0.25, 0.3) is 0 Å². The number of aromatic carboxylic acids is 1. The maximum atomic E-state index is 13.5. The number of hydrogen-bond donors (Lipinski definition) is 2. The van der Waals surface area contributed by atoms with Gasteiger partial charge in [-0.25, -0.2) is 9.18 Å². The van der Waals surface area contributed by atoms with E-state index in [1.54, 1.807) is 13.1 Å². The molecule has 2 N–H and O–H groups in total. The molecule has 0 saturated heterocycles. The predicted molar refractivity (Wildman–Crippen MR) is 76.3 cm³/mol. The molecular weight excluding hydrogens is 329 g/mol. The maximum absolute atomic E-state index is 13.5. The van der Waals surface area contributed by atoms with Crippen LogP contribution in [0.4, 0.5) is 10.1 Å². The number of nitrogens with zero attached hydrogens (tertiary/aromatic N) is 2. The van der Waals surface area contributed by atoms with Crippen LogP contribution in [0, 0.1) is 12.7 Å². The van der Waals surface area contributed by atoms with E-state index in [1.165, 1.54) is 16.9 Å². The Kier molecular flexibility index (Phi) is 4.08. The summed E-state index contributed by atoms with van der Waals surface area (Å²) in [6.07, 6.45) is 1.30. The summed E-state index contributed by atoms with van der Waals surface area (Å²) in [7, 11) is 1.67. The number of benzene rings is 1. The summed E-state index contributed by atoms with van der Waals surface area (Å²) in [5.41, 5.74) is 2.14. The van der Waals surface area contributed by atoms with Gasteiger partial charge in [-0.2, -0.15) is 5.10 Å². The van der Waals surface area contributed by atoms with Gasteiger partial charge in [-0.15, -0.1) is 0 Å². The topological polar surface area (TPSA) is 67.2 Å². The van der Waals surface area contributed by atoms with Gasteiger partial charge in [-0.3, -0.25) is 4.68 Å². The number of anilines is 1. The summed E-state index contributed by atoms with van der Waals surface area (Å²) >= 11 is 3.12. The van der Waals surface area contributed by atoms with E-state index in [4.69, 9.17) is 5.11 Å². The van der Waals surface area contributed by atoms with Gasteiger partial charge in [0.25, 0.3) is 0 Å². The summed E-state index contributed by atoms with van der Waals surface area (Å²) in [4.78, 5) is 11.1. The number of aryl methyl sites for hydroxylation is 2. The van der Waals surface area contributed by atoms with E-state index in [1.807, 2.05) is 6.92 Å². The van der Waals surface area contributed by atoms with E-state index < -0.39 is 5.97 Å². The Balaban J connectivity index is 2.23. The lowest BCUT2D eigenvalue weighted by atomic mass is 10.2. The van der Waals surface area contributed by atoms with Crippen LogP contribution in [0.1, 0.15) is 21.6 Å². The van der Waals surface area contributed by atoms with Gasteiger partial charge in [0, 0.05) is 12.7 Å². The van der Waals surface area contributed by atoms with Crippen LogP contribution in [-0.2, 0) is 13.6 Å². The molecule has 0 aliphatic rings. The number of aromatic nitrogens is 2. The van der Waals surface area contributed by atoms with E-state index >= 15 is 0 Å². The fraction of sp³-hybridized carbons (Fsp3) is 0.231. The van der Waals surface area contributed by atoms with Crippen molar-refractivity contribution in [2.75, 3.05) is 5.32 Å². The van der Waals surface area contributed by atoms with Crippen LogP contribution in [-0.4, -0.2) is 20.9 Å². The second-order valence-corrected chi connectivity index (χ2v) is 5.22. The van der Waals surface area contributed by atoms with Gasteiger partial charge in [0.2, 0.25) is 0 Å². The van der Waals surface area contributed by atoms with Crippen LogP contribution in [0.5, 0.6) is 0 Å². The molecule has 1 aromatic carbocycles. The summed E-state index contributed by atoms with van der Waals surface area (Å²) in [5, 5.41) is 16.0. The van der Waals surface area contributed by atoms with Crippen molar-refractivity contribution in [1.82, 2.24) is 9.78 Å². The molecule has 106 valence electrons. The molecule has 20 heavy (non-hydrogen) atoms. The molecule has 7 heteroatoms. The molecule has 0 aliphatic heterocycles. The highest BCUT2D eigenvalue weighted by atomic mass is 79.9. The molecule has 2 aromatic rings. The monoisotopic (exact) mass is 341 g/mol. The van der Waals surface area contributed by atoms with Gasteiger partial charge in [-0.05, 0) is 40.5 Å². The van der Waals surface area contributed by atoms with E-state index in [-0.39, 0.29) is 17.9 Å². The van der Waals surface area contributed by atoms with Gasteiger partial charge in [0.1, 0.15) is 11.4 Å². The lowest BCUT2D eigenvalue weighted by molar-refractivity contribution is 0.0695. The number of rotatable bonds is 4. The quantitative estimate of drug-likeness (QED) is 0.897. The van der Waals surface area contributed by atoms with E-state index in [9.17, 15) is 9.18 Å². The van der Waals surface area contributed by atoms with Crippen molar-refractivity contribution in [2.45, 2.75) is 13.5 Å². The summed E-state index contributed by atoms with van der Waals surface area (Å²) < 4.78 is 15.4. The standard InChI is InChI=1S/C13H13BrFN3O2/c1-7-3-9(14)10(15)4-11(7)16-6-12-8(13(19)20)5-17-18(12)2/h3-5,16H,6H2,1-2H3,(H,19,20). The maximum Gasteiger partial charge on any atom is 0.339 e. The molecule has 0 spiro atoms. The largest absolute Gasteiger partial charge is 0.478 e. The Morgan fingerprint density at radius 2 is 2.25 bits per heavy atom. The van der Waals surface area contributed by atoms with Crippen LogP contribution in [0.3, 0.4) is 0 Å². The van der Waals surface area contributed by atoms with Gasteiger partial charge in [0.05, 0.1) is 22.9 Å². The first-order valence-corrected chi connectivity index (χ1v) is 6.63. The molecule has 0 saturated carbocycles. The highest BCUT2D eigenvalue weighted by Crippen LogP contribution is 2.24. The van der Waals surface area contributed by atoms with Gasteiger partial charge in [-0.1, -0.05) is 0 Å². The Labute approximate surface area is 123 Å². The van der Waals surface area contributed by atoms with E-state index in [2.05, 4.69) is 26.3 Å². The second-order valence-electron chi connectivity index (χ2n) is 4.37. The van der Waals surface area contributed by atoms with Crippen molar-refractivity contribution in [3.05, 3.63) is 45.4 Å². The molecular formula is C13H13BrFN3O2. The fourth-order valence-corrected chi connectivity index (χ4v) is 2.32. The molecule has 0 radical (unpaired) electrons. The first-order chi connectivity index (χ1) is 9.40. The Bertz CT molecular complexity index is 670. The third-order valence-electron chi connectivity index (χ3n) is 3.01. The fourth-order valence-electron chi connectivity index (χ4n) is 1.87. The summed E-state index contributed by atoms with van der Waals surface area (Å²) in [5.74, 6) is -1.41. The Morgan fingerprint density at radius 1 is 1.55 bits per heavy atom. The number of nitrogens with one attached hydrogen (secondary N) is 1. The Morgan fingerprint density at radius 3 is 2.90 bits per heavy atom. The minimum Gasteiger partial charge on any atom is -0.478 e. The van der Waals surface area contributed by atoms with Crippen molar-refractivity contribution in [1.29, 1.82) is 0 Å². The zero-order valence-electron chi connectivity index (χ0n) is 10.9. The van der Waals surface area contributed by atoms with Gasteiger partial charge >= 0.3 is 5.97 Å². The second kappa shape index (κ2) is 5.62. The van der Waals surface area contributed by atoms with Crippen LogP contribution in [0.2, 0.25) is 0 Å². The molecule has 1 aromatic heterocycles. The minimum atomic E-state index is -1.03. The van der Waals surface area contributed by atoms with Crippen LogP contribution >= 0.6 is 15.9 Å². The Hall–Kier alpha value is -1.89. The van der Waals surface area contributed by atoms with Crippen molar-refractivity contribution in [3.63, 3.8) is 0 Å². The minimum absolute atomic E-state index is 0.134. The SMILES string of the molecule is Cc1cc(Br)c(F)cc1NCc1c(C(=O)O)cnn1C. The normalized spacial score (nSPS) is 10.6. The number of carboxylic acids is 1. The number of carbonyl (C=O) groups is 1. The molecule has 5 nitrogen and oxygen atoms in total. The van der Waals surface area contributed by atoms with Crippen molar-refractivity contribution in [2.24, 2.45) is 7.05 Å². The highest BCUT2D eigenvalue weighted by Gasteiger charge is 2.15. The smallest absolute Gasteiger partial charge is 0.339 e. The van der Waals surface area contributed by atoms with Crippen LogP contribution < -0.4 is 5.32 Å². The molecule has 2 rings (SSSR count). The molecule has 0 atom stereocenters. The van der Waals surface area contributed by atoms with Gasteiger partial charge in [0.15, 0.2) is 0 Å². The molecule has 0 aliphatic carbocycles. The van der Waals surface area contributed by atoms with E-state index in [0.29, 0.717) is 15.9 Å². The lowest BCUT2D eigenvalue weighted by Crippen LogP contribution is -2.11. The average Bonchev–Trinajstić information content (AvgIpc) is 2.74. The first-order valence-electron chi connectivity index (χ1n) is 5.84. The van der Waals surface area contributed by atoms with Gasteiger partial charge < -0.3 is 10.4 Å². The predicted octanol–water partition coefficient (Wildman–Crippen LogP) is 2.94. The zero-order chi connectivity index (χ0) is 14.9. The molecule has 0 amide bonds. The first kappa shape index (κ1) is 14.5. The third-order valence-corrected chi connectivity index (χ3v) is 3.61. The van der Waals surface area contributed by atoms with Crippen LogP contribution in [0.15, 0.2) is 22.8 Å². The van der Waals surface area contributed by atoms with Crippen molar-refractivity contribution in [3.8, 4) is 0 Å². The molecule has 1 heterocycles. The summed E-state index contributed by atoms with van der Waals surface area (Å²) in [6, 6.07) is 3.04. The average molecular weight is 342 g/mol. The third kappa shape index (κ3) is 2.82. The number of carboxylic acid groups (broad SMARTS) is 1. The number of halogens is 2. The molecule has 0 unspecified atom stereocenters. The number of hydrogen-bond acceptors (Lipinski definition) is 3. The lowest BCUT2D eigenvalue weighted by Gasteiger charge is -2.11. The molecule has 0 fully saturated rings. The zero-order valence-corrected chi connectivity index (χ0v) is 12.5. The van der Waals surface area contributed by atoms with Crippen molar-refractivity contribution < 1.29 is 14.3 Å². The highest BCUT2D eigenvalue weighted by molar-refractivity contribution is 9.10.